The zero-order valence-corrected chi connectivity index (χ0v) is 19.6. The summed E-state index contributed by atoms with van der Waals surface area (Å²) in [6.07, 6.45) is 0.173. The Balaban J connectivity index is 1.81. The molecular weight excluding hydrogens is 494 g/mol. The van der Waals surface area contributed by atoms with E-state index < -0.39 is 22.0 Å². The van der Waals surface area contributed by atoms with Gasteiger partial charge in [0, 0.05) is 22.8 Å². The van der Waals surface area contributed by atoms with Crippen LogP contribution >= 0.6 is 15.9 Å². The fourth-order valence-electron chi connectivity index (χ4n) is 2.98. The van der Waals surface area contributed by atoms with Crippen molar-refractivity contribution in [1.82, 2.24) is 4.72 Å². The SMILES string of the molecule is CC(=O)Nc1ccc(NC(=O)[C@@H](Cc2ccccc2)NS(=O)(=O)c2ccc(Br)cc2)cc1. The van der Waals surface area contributed by atoms with Crippen LogP contribution in [0, 0.1) is 0 Å². The molecule has 0 aliphatic carbocycles. The second-order valence-corrected chi connectivity index (χ2v) is 9.69. The van der Waals surface area contributed by atoms with E-state index in [4.69, 9.17) is 0 Å². The van der Waals surface area contributed by atoms with E-state index in [0.717, 1.165) is 10.0 Å². The summed E-state index contributed by atoms with van der Waals surface area (Å²) in [5, 5.41) is 5.39. The number of nitrogens with one attached hydrogen (secondary N) is 3. The van der Waals surface area contributed by atoms with Gasteiger partial charge in [0.2, 0.25) is 21.8 Å². The molecule has 0 saturated heterocycles. The van der Waals surface area contributed by atoms with E-state index in [1.807, 2.05) is 30.3 Å². The summed E-state index contributed by atoms with van der Waals surface area (Å²) in [4.78, 5) is 24.2. The Kier molecular flexibility index (Phi) is 7.79. The molecule has 32 heavy (non-hydrogen) atoms. The maximum atomic E-state index is 13.0. The number of benzene rings is 3. The molecule has 0 unspecified atom stereocenters. The van der Waals surface area contributed by atoms with Gasteiger partial charge in [0.1, 0.15) is 6.04 Å². The smallest absolute Gasteiger partial charge is 0.242 e. The van der Waals surface area contributed by atoms with Crippen LogP contribution in [-0.2, 0) is 26.0 Å². The van der Waals surface area contributed by atoms with Gasteiger partial charge in [-0.05, 0) is 60.5 Å². The summed E-state index contributed by atoms with van der Waals surface area (Å²) < 4.78 is 29.1. The van der Waals surface area contributed by atoms with E-state index in [1.54, 1.807) is 36.4 Å². The first-order valence-corrected chi connectivity index (χ1v) is 12.0. The van der Waals surface area contributed by atoms with E-state index in [-0.39, 0.29) is 17.2 Å². The molecule has 3 aromatic rings. The van der Waals surface area contributed by atoms with Crippen molar-refractivity contribution >= 4 is 49.1 Å². The third-order valence-electron chi connectivity index (χ3n) is 4.49. The quantitative estimate of drug-likeness (QED) is 0.422. The van der Waals surface area contributed by atoms with Crippen LogP contribution in [0.5, 0.6) is 0 Å². The zero-order valence-electron chi connectivity index (χ0n) is 17.2. The molecule has 0 bridgehead atoms. The Morgan fingerprint density at radius 1 is 0.844 bits per heavy atom. The minimum atomic E-state index is -3.93. The van der Waals surface area contributed by atoms with Gasteiger partial charge in [-0.3, -0.25) is 9.59 Å². The molecule has 3 aromatic carbocycles. The van der Waals surface area contributed by atoms with Gasteiger partial charge in [-0.1, -0.05) is 46.3 Å². The molecule has 9 heteroatoms. The van der Waals surface area contributed by atoms with Gasteiger partial charge in [0.15, 0.2) is 0 Å². The minimum Gasteiger partial charge on any atom is -0.326 e. The predicted octanol–water partition coefficient (Wildman–Crippen LogP) is 3.94. The topological polar surface area (TPSA) is 104 Å². The fraction of sp³-hybridized carbons (Fsp3) is 0.130. The molecule has 0 radical (unpaired) electrons. The third kappa shape index (κ3) is 6.74. The number of rotatable bonds is 8. The Bertz CT molecular complexity index is 1180. The maximum Gasteiger partial charge on any atom is 0.242 e. The number of hydrogen-bond acceptors (Lipinski definition) is 4. The van der Waals surface area contributed by atoms with E-state index in [9.17, 15) is 18.0 Å². The van der Waals surface area contributed by atoms with Crippen molar-refractivity contribution in [3.63, 3.8) is 0 Å². The van der Waals surface area contributed by atoms with Crippen LogP contribution in [0.25, 0.3) is 0 Å². The van der Waals surface area contributed by atoms with Crippen LogP contribution < -0.4 is 15.4 Å². The first kappa shape index (κ1) is 23.6. The van der Waals surface area contributed by atoms with E-state index in [0.29, 0.717) is 11.4 Å². The monoisotopic (exact) mass is 515 g/mol. The number of amides is 2. The van der Waals surface area contributed by atoms with Crippen molar-refractivity contribution in [2.75, 3.05) is 10.6 Å². The standard InChI is InChI=1S/C23H22BrN3O4S/c1-16(28)25-19-9-11-20(12-10-19)26-23(29)22(15-17-5-3-2-4-6-17)27-32(30,31)21-13-7-18(24)8-14-21/h2-14,22,27H,15H2,1H3,(H,25,28)(H,26,29)/t22-/m1/s1. The molecule has 166 valence electrons. The normalized spacial score (nSPS) is 12.1. The predicted molar refractivity (Wildman–Crippen MR) is 128 cm³/mol. The fourth-order valence-corrected chi connectivity index (χ4v) is 4.44. The highest BCUT2D eigenvalue weighted by molar-refractivity contribution is 9.10. The summed E-state index contributed by atoms with van der Waals surface area (Å²) in [5.74, 6) is -0.700. The van der Waals surface area contributed by atoms with Gasteiger partial charge in [0.05, 0.1) is 4.90 Å². The molecule has 0 aliphatic heterocycles. The summed E-state index contributed by atoms with van der Waals surface area (Å²) in [6, 6.07) is 20.9. The van der Waals surface area contributed by atoms with Gasteiger partial charge < -0.3 is 10.6 Å². The van der Waals surface area contributed by atoms with Crippen LogP contribution in [0.1, 0.15) is 12.5 Å². The molecular formula is C23H22BrN3O4S. The zero-order chi connectivity index (χ0) is 23.1. The number of carbonyl (C=O) groups excluding carboxylic acids is 2. The molecule has 3 rings (SSSR count). The number of hydrogen-bond donors (Lipinski definition) is 3. The summed E-state index contributed by atoms with van der Waals surface area (Å²) >= 11 is 3.28. The highest BCUT2D eigenvalue weighted by Gasteiger charge is 2.26. The lowest BCUT2D eigenvalue weighted by Gasteiger charge is -2.19. The van der Waals surface area contributed by atoms with E-state index in [1.165, 1.54) is 19.1 Å². The van der Waals surface area contributed by atoms with Crippen molar-refractivity contribution in [3.05, 3.63) is 88.9 Å². The molecule has 2 amide bonds. The first-order valence-electron chi connectivity index (χ1n) is 9.73. The average Bonchev–Trinajstić information content (AvgIpc) is 2.75. The van der Waals surface area contributed by atoms with Crippen LogP contribution in [-0.4, -0.2) is 26.3 Å². The number of sulfonamides is 1. The van der Waals surface area contributed by atoms with Crippen LogP contribution in [0.2, 0.25) is 0 Å². The Labute approximate surface area is 195 Å². The van der Waals surface area contributed by atoms with Crippen LogP contribution in [0.4, 0.5) is 11.4 Å². The van der Waals surface area contributed by atoms with Gasteiger partial charge in [-0.15, -0.1) is 0 Å². The van der Waals surface area contributed by atoms with Crippen molar-refractivity contribution in [2.45, 2.75) is 24.3 Å². The molecule has 0 spiro atoms. The van der Waals surface area contributed by atoms with Crippen molar-refractivity contribution < 1.29 is 18.0 Å². The summed E-state index contributed by atoms with van der Waals surface area (Å²) in [7, 11) is -3.93. The lowest BCUT2D eigenvalue weighted by atomic mass is 10.1. The van der Waals surface area contributed by atoms with Crippen molar-refractivity contribution in [2.24, 2.45) is 0 Å². The lowest BCUT2D eigenvalue weighted by Crippen LogP contribution is -2.45. The third-order valence-corrected chi connectivity index (χ3v) is 6.51. The number of carbonyl (C=O) groups is 2. The molecule has 0 aliphatic rings. The molecule has 1 atom stereocenters. The highest BCUT2D eigenvalue weighted by Crippen LogP contribution is 2.17. The second kappa shape index (κ2) is 10.5. The average molecular weight is 516 g/mol. The van der Waals surface area contributed by atoms with Crippen molar-refractivity contribution in [3.8, 4) is 0 Å². The molecule has 0 heterocycles. The van der Waals surface area contributed by atoms with Crippen LogP contribution in [0.15, 0.2) is 88.2 Å². The Morgan fingerprint density at radius 2 is 1.41 bits per heavy atom. The number of anilines is 2. The minimum absolute atomic E-state index is 0.0613. The van der Waals surface area contributed by atoms with E-state index >= 15 is 0 Å². The Hall–Kier alpha value is -3.01. The van der Waals surface area contributed by atoms with Crippen LogP contribution in [0.3, 0.4) is 0 Å². The van der Waals surface area contributed by atoms with Gasteiger partial charge in [-0.2, -0.15) is 4.72 Å². The summed E-state index contributed by atoms with van der Waals surface area (Å²) in [5.41, 5.74) is 1.88. The summed E-state index contributed by atoms with van der Waals surface area (Å²) in [6.45, 7) is 1.40. The highest BCUT2D eigenvalue weighted by atomic mass is 79.9. The van der Waals surface area contributed by atoms with Gasteiger partial charge in [-0.25, -0.2) is 8.42 Å². The lowest BCUT2D eigenvalue weighted by molar-refractivity contribution is -0.117. The molecule has 0 aromatic heterocycles. The second-order valence-electron chi connectivity index (χ2n) is 7.07. The molecule has 3 N–H and O–H groups in total. The first-order chi connectivity index (χ1) is 15.2. The number of halogens is 1. The Morgan fingerprint density at radius 3 is 1.97 bits per heavy atom. The van der Waals surface area contributed by atoms with E-state index in [2.05, 4.69) is 31.3 Å². The molecule has 0 saturated carbocycles. The largest absolute Gasteiger partial charge is 0.326 e. The van der Waals surface area contributed by atoms with Gasteiger partial charge in [0.25, 0.3) is 0 Å². The maximum absolute atomic E-state index is 13.0. The molecule has 0 fully saturated rings. The van der Waals surface area contributed by atoms with Gasteiger partial charge >= 0.3 is 0 Å². The van der Waals surface area contributed by atoms with Crippen molar-refractivity contribution in [1.29, 1.82) is 0 Å². The molecule has 7 nitrogen and oxygen atoms in total.